The highest BCUT2D eigenvalue weighted by Crippen LogP contribution is 2.34. The Morgan fingerprint density at radius 2 is 1.62 bits per heavy atom. The van der Waals surface area contributed by atoms with Crippen molar-refractivity contribution >= 4 is 26.7 Å². The van der Waals surface area contributed by atoms with E-state index in [0.717, 1.165) is 54.0 Å². The van der Waals surface area contributed by atoms with E-state index in [2.05, 4.69) is 9.88 Å². The van der Waals surface area contributed by atoms with Gasteiger partial charge >= 0.3 is 0 Å². The average Bonchev–Trinajstić information content (AvgIpc) is 3.43. The number of anilines is 1. The molecule has 0 radical (unpaired) electrons. The van der Waals surface area contributed by atoms with Crippen molar-refractivity contribution < 1.29 is 8.42 Å². The predicted molar refractivity (Wildman–Crippen MR) is 132 cm³/mol. The van der Waals surface area contributed by atoms with Crippen LogP contribution in [-0.2, 0) is 23.0 Å². The van der Waals surface area contributed by atoms with Crippen LogP contribution in [0.15, 0.2) is 71.8 Å². The fourth-order valence-corrected chi connectivity index (χ4v) is 6.48. The molecular weight excluding hydrogens is 446 g/mol. The first-order valence-electron chi connectivity index (χ1n) is 11.7. The number of hydrogen-bond donors (Lipinski definition) is 0. The Balaban J connectivity index is 1.43. The molecule has 0 bridgehead atoms. The molecule has 0 atom stereocenters. The van der Waals surface area contributed by atoms with E-state index in [1.165, 1.54) is 0 Å². The summed E-state index contributed by atoms with van der Waals surface area (Å²) in [5.74, 6) is 1.58. The zero-order valence-corrected chi connectivity index (χ0v) is 19.6. The van der Waals surface area contributed by atoms with E-state index in [-0.39, 0.29) is 11.4 Å². The molecule has 1 fully saturated rings. The smallest absolute Gasteiger partial charge is 0.245 e. The van der Waals surface area contributed by atoms with Crippen LogP contribution in [0.25, 0.3) is 22.3 Å². The lowest BCUT2D eigenvalue weighted by Gasteiger charge is -2.31. The van der Waals surface area contributed by atoms with Crippen LogP contribution in [0, 0.1) is 0 Å². The Morgan fingerprint density at radius 3 is 2.44 bits per heavy atom. The largest absolute Gasteiger partial charge is 0.356 e. The fraction of sp³-hybridized carbons (Fsp3) is 0.269. The van der Waals surface area contributed by atoms with Crippen molar-refractivity contribution in [2.45, 2.75) is 30.7 Å². The molecule has 34 heavy (non-hydrogen) atoms. The number of aromatic nitrogens is 3. The molecule has 8 heteroatoms. The van der Waals surface area contributed by atoms with Gasteiger partial charge in [-0.3, -0.25) is 4.98 Å². The average molecular weight is 472 g/mol. The molecule has 2 aliphatic rings. The number of para-hydroxylation sites is 1. The monoisotopic (exact) mass is 471 g/mol. The van der Waals surface area contributed by atoms with E-state index in [1.807, 2.05) is 48.5 Å². The molecule has 4 aromatic rings. The van der Waals surface area contributed by atoms with Crippen molar-refractivity contribution in [2.75, 3.05) is 24.5 Å². The maximum atomic E-state index is 13.8. The van der Waals surface area contributed by atoms with Crippen LogP contribution < -0.4 is 4.90 Å². The van der Waals surface area contributed by atoms with Crippen molar-refractivity contribution in [1.29, 1.82) is 0 Å². The van der Waals surface area contributed by atoms with Crippen molar-refractivity contribution in [2.24, 2.45) is 0 Å². The normalized spacial score (nSPS) is 16.6. The van der Waals surface area contributed by atoms with Gasteiger partial charge in [-0.2, -0.15) is 4.31 Å². The van der Waals surface area contributed by atoms with Gasteiger partial charge in [0.1, 0.15) is 10.7 Å². The third kappa shape index (κ3) is 3.63. The first kappa shape index (κ1) is 21.2. The number of sulfonamides is 1. The van der Waals surface area contributed by atoms with Gasteiger partial charge in [0.15, 0.2) is 5.82 Å². The molecule has 0 spiro atoms. The molecule has 0 aliphatic carbocycles. The Bertz CT molecular complexity index is 1460. The van der Waals surface area contributed by atoms with Gasteiger partial charge < -0.3 is 4.90 Å². The van der Waals surface area contributed by atoms with Gasteiger partial charge in [0.25, 0.3) is 0 Å². The molecule has 4 heterocycles. The minimum atomic E-state index is -3.74. The van der Waals surface area contributed by atoms with Gasteiger partial charge in [-0.05, 0) is 25.0 Å². The van der Waals surface area contributed by atoms with E-state index in [0.29, 0.717) is 24.3 Å². The third-order valence-corrected chi connectivity index (χ3v) is 8.53. The zero-order chi connectivity index (χ0) is 23.1. The van der Waals surface area contributed by atoms with Gasteiger partial charge in [0.2, 0.25) is 10.0 Å². The Morgan fingerprint density at radius 1 is 0.824 bits per heavy atom. The predicted octanol–water partition coefficient (Wildman–Crippen LogP) is 4.04. The SMILES string of the molecule is O=S(=O)(c1cccc2cccnc12)N1CCc2nc(-c3ccccc3)nc(N3CCCC3)c2C1. The second-order valence-electron chi connectivity index (χ2n) is 8.78. The minimum absolute atomic E-state index is 0.249. The Labute approximate surface area is 199 Å². The topological polar surface area (TPSA) is 79.3 Å². The van der Waals surface area contributed by atoms with Crippen LogP contribution in [-0.4, -0.2) is 47.3 Å². The molecule has 0 saturated carbocycles. The van der Waals surface area contributed by atoms with Crippen LogP contribution in [0.4, 0.5) is 5.82 Å². The summed E-state index contributed by atoms with van der Waals surface area (Å²) in [6, 6.07) is 19.0. The first-order chi connectivity index (χ1) is 16.6. The van der Waals surface area contributed by atoms with Gasteiger partial charge in [-0.1, -0.05) is 48.5 Å². The summed E-state index contributed by atoms with van der Waals surface area (Å²) in [6.07, 6.45) is 4.42. The Kier molecular flexibility index (Phi) is 5.27. The summed E-state index contributed by atoms with van der Waals surface area (Å²) >= 11 is 0. The fourth-order valence-electron chi connectivity index (χ4n) is 4.91. The maximum Gasteiger partial charge on any atom is 0.245 e. The molecule has 2 aliphatic heterocycles. The molecule has 172 valence electrons. The molecule has 6 rings (SSSR count). The van der Waals surface area contributed by atoms with Crippen LogP contribution in [0.2, 0.25) is 0 Å². The minimum Gasteiger partial charge on any atom is -0.356 e. The zero-order valence-electron chi connectivity index (χ0n) is 18.8. The molecular formula is C26H25N5O2S. The molecule has 2 aromatic heterocycles. The molecule has 0 unspecified atom stereocenters. The summed E-state index contributed by atoms with van der Waals surface area (Å²) in [7, 11) is -3.74. The number of benzene rings is 2. The molecule has 2 aromatic carbocycles. The lowest BCUT2D eigenvalue weighted by Crippen LogP contribution is -2.38. The van der Waals surface area contributed by atoms with Crippen LogP contribution in [0.1, 0.15) is 24.1 Å². The molecule has 1 saturated heterocycles. The number of fused-ring (bicyclic) bond motifs is 2. The van der Waals surface area contributed by atoms with E-state index >= 15 is 0 Å². The van der Waals surface area contributed by atoms with Gasteiger partial charge in [-0.15, -0.1) is 0 Å². The third-order valence-electron chi connectivity index (χ3n) is 6.65. The van der Waals surface area contributed by atoms with Gasteiger partial charge in [-0.25, -0.2) is 18.4 Å². The second-order valence-corrected chi connectivity index (χ2v) is 10.7. The summed E-state index contributed by atoms with van der Waals surface area (Å²) < 4.78 is 29.1. The van der Waals surface area contributed by atoms with E-state index < -0.39 is 10.0 Å². The quantitative estimate of drug-likeness (QED) is 0.447. The summed E-state index contributed by atoms with van der Waals surface area (Å²) in [5.41, 5.74) is 3.34. The summed E-state index contributed by atoms with van der Waals surface area (Å²) in [4.78, 5) is 16.7. The van der Waals surface area contributed by atoms with E-state index in [9.17, 15) is 8.42 Å². The van der Waals surface area contributed by atoms with Crippen LogP contribution >= 0.6 is 0 Å². The van der Waals surface area contributed by atoms with Crippen LogP contribution in [0.3, 0.4) is 0 Å². The number of hydrogen-bond acceptors (Lipinski definition) is 6. The first-order valence-corrected chi connectivity index (χ1v) is 13.1. The number of pyridine rings is 1. The molecule has 0 amide bonds. The highest BCUT2D eigenvalue weighted by atomic mass is 32.2. The van der Waals surface area contributed by atoms with Gasteiger partial charge in [0.05, 0.1) is 11.2 Å². The van der Waals surface area contributed by atoms with Crippen molar-refractivity contribution in [3.05, 3.63) is 78.1 Å². The van der Waals surface area contributed by atoms with E-state index in [1.54, 1.807) is 22.6 Å². The van der Waals surface area contributed by atoms with Crippen molar-refractivity contribution in [1.82, 2.24) is 19.3 Å². The van der Waals surface area contributed by atoms with Gasteiger partial charge in [0, 0.05) is 55.3 Å². The lowest BCUT2D eigenvalue weighted by atomic mass is 10.1. The molecule has 0 N–H and O–H groups in total. The highest BCUT2D eigenvalue weighted by Gasteiger charge is 2.34. The van der Waals surface area contributed by atoms with Crippen molar-refractivity contribution in [3.8, 4) is 11.4 Å². The summed E-state index contributed by atoms with van der Waals surface area (Å²) in [6.45, 7) is 2.50. The lowest BCUT2D eigenvalue weighted by molar-refractivity contribution is 0.387. The van der Waals surface area contributed by atoms with E-state index in [4.69, 9.17) is 9.97 Å². The Hall–Kier alpha value is -3.36. The molecule has 7 nitrogen and oxygen atoms in total. The number of rotatable bonds is 4. The number of nitrogens with zero attached hydrogens (tertiary/aromatic N) is 5. The summed E-state index contributed by atoms with van der Waals surface area (Å²) in [5, 5.41) is 0.814. The highest BCUT2D eigenvalue weighted by molar-refractivity contribution is 7.89. The van der Waals surface area contributed by atoms with Crippen LogP contribution in [0.5, 0.6) is 0 Å². The maximum absolute atomic E-state index is 13.8. The second kappa shape index (κ2) is 8.45. The van der Waals surface area contributed by atoms with Crippen molar-refractivity contribution in [3.63, 3.8) is 0 Å². The standard InChI is InChI=1S/C26H25N5O2S/c32-34(33,23-12-6-10-19-11-7-14-27-24(19)23)31-17-13-22-21(18-31)26(30-15-4-5-16-30)29-25(28-22)20-8-2-1-3-9-20/h1-3,6-12,14H,4-5,13,15-18H2.